The Labute approximate surface area is 219 Å². The normalized spacial score (nSPS) is 16.0. The molecule has 2 unspecified atom stereocenters. The summed E-state index contributed by atoms with van der Waals surface area (Å²) in [5.74, 6) is -0.236. The van der Waals surface area contributed by atoms with Gasteiger partial charge in [-0.3, -0.25) is 9.59 Å². The number of nitrogens with one attached hydrogen (secondary N) is 1. The molecule has 0 spiro atoms. The summed E-state index contributed by atoms with van der Waals surface area (Å²) in [6, 6.07) is 18.8. The Hall–Kier alpha value is -4.33. The van der Waals surface area contributed by atoms with Crippen LogP contribution in [0.15, 0.2) is 90.2 Å². The lowest BCUT2D eigenvalue weighted by Gasteiger charge is -2.14. The van der Waals surface area contributed by atoms with Crippen LogP contribution in [0.3, 0.4) is 0 Å². The van der Waals surface area contributed by atoms with Crippen molar-refractivity contribution in [1.82, 2.24) is 14.9 Å². The molecule has 196 valence electrons. The number of carbonyl (C=O) groups is 1. The molecule has 1 aliphatic carbocycles. The van der Waals surface area contributed by atoms with Crippen molar-refractivity contribution >= 4 is 16.9 Å². The van der Waals surface area contributed by atoms with Crippen LogP contribution in [-0.2, 0) is 0 Å². The van der Waals surface area contributed by atoms with E-state index >= 15 is 0 Å². The molecule has 2 atom stereocenters. The number of aromatic nitrogens is 2. The number of halogens is 2. The lowest BCUT2D eigenvalue weighted by molar-refractivity contribution is 0.0890. The zero-order chi connectivity index (χ0) is 27.4. The molecule has 2 aromatic carbocycles. The second-order valence-electron chi connectivity index (χ2n) is 8.83. The highest BCUT2D eigenvalue weighted by Gasteiger charge is 2.40. The fraction of sp³-hybridized carbons (Fsp3) is 0.233. The number of alkyl halides is 2. The van der Waals surface area contributed by atoms with Crippen molar-refractivity contribution in [1.29, 1.82) is 0 Å². The van der Waals surface area contributed by atoms with Crippen LogP contribution in [0.2, 0.25) is 0 Å². The Balaban J connectivity index is 0.00000164. The number of hydrogen-bond donors (Lipinski definition) is 2. The molecule has 1 amide bonds. The Bertz CT molecular complexity index is 1530. The summed E-state index contributed by atoms with van der Waals surface area (Å²) in [7, 11) is 0. The average molecular weight is 518 g/mol. The first-order chi connectivity index (χ1) is 18.3. The SMILES string of the molecule is C=C(O)C1CC1c1ccc(-c2cccc(-n3cc(C(=O)NCC(F)F)c(=O)c4cccnc43)c2)cc1.CC. The molecule has 0 bridgehead atoms. The fourth-order valence-corrected chi connectivity index (χ4v) is 4.47. The van der Waals surface area contributed by atoms with Crippen molar-refractivity contribution in [2.75, 3.05) is 6.54 Å². The maximum absolute atomic E-state index is 12.9. The van der Waals surface area contributed by atoms with E-state index in [9.17, 15) is 23.5 Å². The van der Waals surface area contributed by atoms with Gasteiger partial charge in [0.05, 0.1) is 17.7 Å². The third-order valence-corrected chi connectivity index (χ3v) is 6.44. The van der Waals surface area contributed by atoms with E-state index in [1.807, 2.05) is 62.4 Å². The number of carbonyl (C=O) groups excluding carboxylic acids is 1. The third-order valence-electron chi connectivity index (χ3n) is 6.44. The van der Waals surface area contributed by atoms with Crippen molar-refractivity contribution < 1.29 is 18.7 Å². The molecule has 4 aromatic rings. The van der Waals surface area contributed by atoms with Gasteiger partial charge in [0.15, 0.2) is 0 Å². The number of aliphatic hydroxyl groups is 1. The second kappa shape index (κ2) is 11.4. The first kappa shape index (κ1) is 26.7. The van der Waals surface area contributed by atoms with Gasteiger partial charge in [0, 0.05) is 24.0 Å². The van der Waals surface area contributed by atoms with Gasteiger partial charge in [-0.15, -0.1) is 0 Å². The van der Waals surface area contributed by atoms with Gasteiger partial charge in [-0.25, -0.2) is 13.8 Å². The maximum atomic E-state index is 12.9. The smallest absolute Gasteiger partial charge is 0.256 e. The summed E-state index contributed by atoms with van der Waals surface area (Å²) >= 11 is 0. The molecule has 2 N–H and O–H groups in total. The van der Waals surface area contributed by atoms with Crippen LogP contribution < -0.4 is 10.7 Å². The van der Waals surface area contributed by atoms with E-state index in [1.54, 1.807) is 22.9 Å². The highest BCUT2D eigenvalue weighted by molar-refractivity contribution is 5.97. The minimum atomic E-state index is -2.73. The Morgan fingerprint density at radius 3 is 2.53 bits per heavy atom. The molecule has 1 saturated carbocycles. The number of nitrogens with zero attached hydrogens (tertiary/aromatic N) is 2. The molecule has 2 heterocycles. The monoisotopic (exact) mass is 517 g/mol. The molecule has 1 fully saturated rings. The van der Waals surface area contributed by atoms with E-state index in [0.717, 1.165) is 23.1 Å². The van der Waals surface area contributed by atoms with E-state index in [1.165, 1.54) is 6.20 Å². The van der Waals surface area contributed by atoms with Crippen LogP contribution in [0.4, 0.5) is 8.78 Å². The summed E-state index contributed by atoms with van der Waals surface area (Å²) in [5.41, 5.74) is 3.21. The number of aliphatic hydroxyl groups excluding tert-OH is 1. The average Bonchev–Trinajstić information content (AvgIpc) is 3.75. The van der Waals surface area contributed by atoms with Crippen molar-refractivity contribution in [2.24, 2.45) is 5.92 Å². The van der Waals surface area contributed by atoms with Gasteiger partial charge < -0.3 is 15.0 Å². The number of amides is 1. The number of fused-ring (bicyclic) bond motifs is 1. The van der Waals surface area contributed by atoms with Crippen LogP contribution in [-0.4, -0.2) is 33.5 Å². The largest absolute Gasteiger partial charge is 0.513 e. The first-order valence-corrected chi connectivity index (χ1v) is 12.5. The van der Waals surface area contributed by atoms with E-state index in [2.05, 4.69) is 16.9 Å². The van der Waals surface area contributed by atoms with Gasteiger partial charge in [0.2, 0.25) is 5.43 Å². The molecule has 0 aliphatic heterocycles. The molecule has 2 aromatic heterocycles. The second-order valence-corrected chi connectivity index (χ2v) is 8.83. The van der Waals surface area contributed by atoms with Gasteiger partial charge in [0.25, 0.3) is 12.3 Å². The quantitative estimate of drug-likeness (QED) is 0.284. The lowest BCUT2D eigenvalue weighted by Crippen LogP contribution is -2.33. The number of pyridine rings is 2. The number of rotatable bonds is 7. The van der Waals surface area contributed by atoms with Crippen molar-refractivity contribution in [3.05, 3.63) is 107 Å². The molecule has 38 heavy (non-hydrogen) atoms. The van der Waals surface area contributed by atoms with Gasteiger partial charge >= 0.3 is 0 Å². The van der Waals surface area contributed by atoms with Crippen LogP contribution in [0.25, 0.3) is 27.8 Å². The molecule has 0 radical (unpaired) electrons. The molecule has 1 aliphatic rings. The van der Waals surface area contributed by atoms with E-state index in [-0.39, 0.29) is 28.5 Å². The van der Waals surface area contributed by atoms with Crippen LogP contribution in [0, 0.1) is 5.92 Å². The molecular weight excluding hydrogens is 488 g/mol. The molecule has 5 rings (SSSR count). The van der Waals surface area contributed by atoms with E-state index in [4.69, 9.17) is 0 Å². The van der Waals surface area contributed by atoms with E-state index in [0.29, 0.717) is 11.3 Å². The van der Waals surface area contributed by atoms with Gasteiger partial charge in [-0.1, -0.05) is 56.8 Å². The predicted octanol–water partition coefficient (Wildman–Crippen LogP) is 6.25. The highest BCUT2D eigenvalue weighted by Crippen LogP contribution is 2.50. The van der Waals surface area contributed by atoms with Crippen LogP contribution >= 0.6 is 0 Å². The Morgan fingerprint density at radius 1 is 1.13 bits per heavy atom. The molecule has 0 saturated heterocycles. The minimum absolute atomic E-state index is 0.118. The van der Waals surface area contributed by atoms with E-state index < -0.39 is 24.3 Å². The van der Waals surface area contributed by atoms with Crippen LogP contribution in [0.5, 0.6) is 0 Å². The Kier molecular flexibility index (Phi) is 8.00. The minimum Gasteiger partial charge on any atom is -0.513 e. The van der Waals surface area contributed by atoms with Gasteiger partial charge in [-0.2, -0.15) is 0 Å². The van der Waals surface area contributed by atoms with Crippen molar-refractivity contribution in [3.8, 4) is 16.8 Å². The standard InChI is InChI=1S/C28H23F2N3O3.C2H6/c1-16(34)22-13-23(22)18-9-7-17(8-10-18)19-4-2-5-20(12-19)33-15-24(28(36)32-14-25(29)30)26(35)21-6-3-11-31-27(21)33;1-2/h2-12,15,22-23,25,34H,1,13-14H2,(H,32,36);1-2H3. The topological polar surface area (TPSA) is 84.2 Å². The fourth-order valence-electron chi connectivity index (χ4n) is 4.47. The zero-order valence-electron chi connectivity index (χ0n) is 21.2. The summed E-state index contributed by atoms with van der Waals surface area (Å²) in [5, 5.41) is 11.9. The lowest BCUT2D eigenvalue weighted by atomic mass is 10.0. The summed E-state index contributed by atoms with van der Waals surface area (Å²) < 4.78 is 26.9. The highest BCUT2D eigenvalue weighted by atomic mass is 19.3. The summed E-state index contributed by atoms with van der Waals surface area (Å²) in [4.78, 5) is 29.8. The maximum Gasteiger partial charge on any atom is 0.256 e. The zero-order valence-corrected chi connectivity index (χ0v) is 21.2. The van der Waals surface area contributed by atoms with Crippen molar-refractivity contribution in [3.63, 3.8) is 0 Å². The van der Waals surface area contributed by atoms with Gasteiger partial charge in [0.1, 0.15) is 11.2 Å². The summed E-state index contributed by atoms with van der Waals surface area (Å²) in [6.45, 7) is 6.78. The first-order valence-electron chi connectivity index (χ1n) is 12.5. The number of benzene rings is 2. The van der Waals surface area contributed by atoms with Crippen LogP contribution in [0.1, 0.15) is 42.1 Å². The molecule has 6 nitrogen and oxygen atoms in total. The molecular formula is C30H29F2N3O3. The third kappa shape index (κ3) is 5.49. The predicted molar refractivity (Wildman–Crippen MR) is 145 cm³/mol. The Morgan fingerprint density at radius 2 is 1.87 bits per heavy atom. The van der Waals surface area contributed by atoms with Crippen molar-refractivity contribution in [2.45, 2.75) is 32.6 Å². The van der Waals surface area contributed by atoms with Gasteiger partial charge in [-0.05, 0) is 53.3 Å². The summed E-state index contributed by atoms with van der Waals surface area (Å²) in [6.07, 6.45) is 1.05. The number of hydrogen-bond acceptors (Lipinski definition) is 4. The molecule has 8 heteroatoms. The number of allylic oxidation sites excluding steroid dienone is 1.